The number of carbonyl (C=O) groups is 1. The highest BCUT2D eigenvalue weighted by molar-refractivity contribution is 14.1. The van der Waals surface area contributed by atoms with E-state index in [-0.39, 0.29) is 5.91 Å². The van der Waals surface area contributed by atoms with Crippen LogP contribution >= 0.6 is 22.6 Å². The Morgan fingerprint density at radius 1 is 1.22 bits per heavy atom. The number of amides is 1. The van der Waals surface area contributed by atoms with Crippen LogP contribution < -0.4 is 5.32 Å². The van der Waals surface area contributed by atoms with Crippen LogP contribution in [0.5, 0.6) is 0 Å². The van der Waals surface area contributed by atoms with Gasteiger partial charge in [-0.25, -0.2) is 0 Å². The third kappa shape index (κ3) is 3.96. The minimum absolute atomic E-state index is 0.153. The van der Waals surface area contributed by atoms with Gasteiger partial charge in [0.1, 0.15) is 0 Å². The summed E-state index contributed by atoms with van der Waals surface area (Å²) in [6.07, 6.45) is 6.59. The molecule has 0 unspecified atom stereocenters. The number of pyridine rings is 1. The van der Waals surface area contributed by atoms with Gasteiger partial charge in [-0.05, 0) is 58.5 Å². The first-order chi connectivity index (χ1) is 8.74. The number of anilines is 1. The predicted molar refractivity (Wildman–Crippen MR) is 81.1 cm³/mol. The van der Waals surface area contributed by atoms with Crippen LogP contribution in [0.2, 0.25) is 0 Å². The summed E-state index contributed by atoms with van der Waals surface area (Å²) in [6.45, 7) is 0. The lowest BCUT2D eigenvalue weighted by Crippen LogP contribution is -2.07. The topological polar surface area (TPSA) is 42.0 Å². The lowest BCUT2D eigenvalue weighted by atomic mass is 10.2. The molecule has 2 aromatic rings. The molecule has 1 N–H and O–H groups in total. The van der Waals surface area contributed by atoms with E-state index >= 15 is 0 Å². The maximum absolute atomic E-state index is 11.7. The monoisotopic (exact) mass is 350 g/mol. The summed E-state index contributed by atoms with van der Waals surface area (Å²) >= 11 is 2.24. The van der Waals surface area contributed by atoms with Crippen LogP contribution in [-0.2, 0) is 4.79 Å². The highest BCUT2D eigenvalue weighted by Crippen LogP contribution is 2.09. The fraction of sp³-hybridized carbons (Fsp3) is 0. The largest absolute Gasteiger partial charge is 0.322 e. The minimum atomic E-state index is -0.153. The number of hydrogen-bond acceptors (Lipinski definition) is 2. The second kappa shape index (κ2) is 6.30. The first-order valence-corrected chi connectivity index (χ1v) is 6.46. The van der Waals surface area contributed by atoms with Crippen molar-refractivity contribution in [2.75, 3.05) is 5.32 Å². The Morgan fingerprint density at radius 2 is 2.00 bits per heavy atom. The Balaban J connectivity index is 1.99. The molecule has 18 heavy (non-hydrogen) atoms. The molecule has 0 atom stereocenters. The Labute approximate surface area is 119 Å². The Morgan fingerprint density at radius 3 is 2.72 bits per heavy atom. The number of benzene rings is 1. The highest BCUT2D eigenvalue weighted by Gasteiger charge is 1.96. The summed E-state index contributed by atoms with van der Waals surface area (Å²) in [5.74, 6) is -0.153. The van der Waals surface area contributed by atoms with Crippen molar-refractivity contribution in [3.8, 4) is 0 Å². The van der Waals surface area contributed by atoms with Crippen molar-refractivity contribution in [1.29, 1.82) is 0 Å². The molecule has 0 saturated carbocycles. The van der Waals surface area contributed by atoms with Crippen LogP contribution in [-0.4, -0.2) is 10.9 Å². The molecule has 90 valence electrons. The van der Waals surface area contributed by atoms with E-state index in [2.05, 4.69) is 32.9 Å². The Kier molecular flexibility index (Phi) is 4.46. The third-order valence-electron chi connectivity index (χ3n) is 2.22. The molecular formula is C14H11IN2O. The fourth-order valence-corrected chi connectivity index (χ4v) is 1.97. The number of hydrogen-bond donors (Lipinski definition) is 1. The van der Waals surface area contributed by atoms with Crippen LogP contribution in [0.3, 0.4) is 0 Å². The van der Waals surface area contributed by atoms with Gasteiger partial charge in [-0.2, -0.15) is 0 Å². The van der Waals surface area contributed by atoms with Crippen molar-refractivity contribution in [3.05, 3.63) is 64.0 Å². The van der Waals surface area contributed by atoms with Gasteiger partial charge in [0.15, 0.2) is 0 Å². The van der Waals surface area contributed by atoms with E-state index in [1.807, 2.05) is 24.3 Å². The number of aromatic nitrogens is 1. The lowest BCUT2D eigenvalue weighted by Gasteiger charge is -2.00. The quantitative estimate of drug-likeness (QED) is 0.682. The van der Waals surface area contributed by atoms with Gasteiger partial charge in [0.2, 0.25) is 5.91 Å². The maximum atomic E-state index is 11.7. The fourth-order valence-electron chi connectivity index (χ4n) is 1.40. The molecule has 0 spiro atoms. The van der Waals surface area contributed by atoms with Gasteiger partial charge in [-0.1, -0.05) is 12.1 Å². The first kappa shape index (κ1) is 12.8. The van der Waals surface area contributed by atoms with E-state index in [1.165, 1.54) is 6.08 Å². The summed E-state index contributed by atoms with van der Waals surface area (Å²) in [7, 11) is 0. The van der Waals surface area contributed by atoms with Gasteiger partial charge in [0.25, 0.3) is 0 Å². The van der Waals surface area contributed by atoms with Gasteiger partial charge < -0.3 is 5.32 Å². The van der Waals surface area contributed by atoms with Crippen molar-refractivity contribution >= 4 is 40.3 Å². The van der Waals surface area contributed by atoms with E-state index in [0.29, 0.717) is 0 Å². The number of halogens is 1. The molecule has 0 aliphatic carbocycles. The molecule has 4 heteroatoms. The van der Waals surface area contributed by atoms with E-state index in [1.54, 1.807) is 30.6 Å². The molecule has 0 aliphatic heterocycles. The zero-order valence-corrected chi connectivity index (χ0v) is 11.7. The maximum Gasteiger partial charge on any atom is 0.248 e. The number of nitrogens with one attached hydrogen (secondary N) is 1. The SMILES string of the molecule is O=C(C=Cc1cccc(I)c1)Nc1ccncc1. The molecule has 0 fully saturated rings. The van der Waals surface area contributed by atoms with Gasteiger partial charge in [0, 0.05) is 27.7 Å². The van der Waals surface area contributed by atoms with Crippen molar-refractivity contribution < 1.29 is 4.79 Å². The molecule has 3 nitrogen and oxygen atoms in total. The molecule has 1 aromatic heterocycles. The molecule has 0 radical (unpaired) electrons. The van der Waals surface area contributed by atoms with Gasteiger partial charge in [-0.15, -0.1) is 0 Å². The molecule has 0 aliphatic rings. The van der Waals surface area contributed by atoms with Crippen LogP contribution in [0.15, 0.2) is 54.9 Å². The van der Waals surface area contributed by atoms with Gasteiger partial charge >= 0.3 is 0 Å². The molecule has 0 saturated heterocycles. The summed E-state index contributed by atoms with van der Waals surface area (Å²) in [4.78, 5) is 15.5. The number of nitrogens with zero attached hydrogens (tertiary/aromatic N) is 1. The molecule has 1 heterocycles. The van der Waals surface area contributed by atoms with Crippen LogP contribution in [0.25, 0.3) is 6.08 Å². The smallest absolute Gasteiger partial charge is 0.248 e. The average Bonchev–Trinajstić information content (AvgIpc) is 2.38. The molecule has 0 bridgehead atoms. The molecule has 1 amide bonds. The molecular weight excluding hydrogens is 339 g/mol. The summed E-state index contributed by atoms with van der Waals surface area (Å²) in [6, 6.07) is 11.4. The van der Waals surface area contributed by atoms with E-state index in [0.717, 1.165) is 14.8 Å². The van der Waals surface area contributed by atoms with Crippen LogP contribution in [0.4, 0.5) is 5.69 Å². The summed E-state index contributed by atoms with van der Waals surface area (Å²) < 4.78 is 1.14. The van der Waals surface area contributed by atoms with Crippen molar-refractivity contribution in [2.24, 2.45) is 0 Å². The van der Waals surface area contributed by atoms with Crippen molar-refractivity contribution in [3.63, 3.8) is 0 Å². The first-order valence-electron chi connectivity index (χ1n) is 5.39. The Bertz CT molecular complexity index is 567. The van der Waals surface area contributed by atoms with E-state index in [9.17, 15) is 4.79 Å². The third-order valence-corrected chi connectivity index (χ3v) is 2.89. The van der Waals surface area contributed by atoms with Crippen molar-refractivity contribution in [1.82, 2.24) is 4.98 Å². The lowest BCUT2D eigenvalue weighted by molar-refractivity contribution is -0.111. The standard InChI is InChI=1S/C14H11IN2O/c15-12-3-1-2-11(10-12)4-5-14(18)17-13-6-8-16-9-7-13/h1-10H,(H,16,17,18). The number of carbonyl (C=O) groups excluding carboxylic acids is 1. The zero-order chi connectivity index (χ0) is 12.8. The van der Waals surface area contributed by atoms with Crippen LogP contribution in [0.1, 0.15) is 5.56 Å². The highest BCUT2D eigenvalue weighted by atomic mass is 127. The molecule has 2 rings (SSSR count). The zero-order valence-electron chi connectivity index (χ0n) is 9.51. The summed E-state index contributed by atoms with van der Waals surface area (Å²) in [5, 5.41) is 2.76. The van der Waals surface area contributed by atoms with E-state index in [4.69, 9.17) is 0 Å². The Hall–Kier alpha value is -1.69. The second-order valence-electron chi connectivity index (χ2n) is 3.61. The van der Waals surface area contributed by atoms with Gasteiger partial charge in [-0.3, -0.25) is 9.78 Å². The molecule has 1 aromatic carbocycles. The number of rotatable bonds is 3. The minimum Gasteiger partial charge on any atom is -0.322 e. The predicted octanol–water partition coefficient (Wildman–Crippen LogP) is 3.34. The van der Waals surface area contributed by atoms with E-state index < -0.39 is 0 Å². The average molecular weight is 350 g/mol. The second-order valence-corrected chi connectivity index (χ2v) is 4.86. The normalized spacial score (nSPS) is 10.5. The van der Waals surface area contributed by atoms with Gasteiger partial charge in [0.05, 0.1) is 0 Å². The summed E-state index contributed by atoms with van der Waals surface area (Å²) in [5.41, 5.74) is 1.74. The van der Waals surface area contributed by atoms with Crippen molar-refractivity contribution in [2.45, 2.75) is 0 Å². The van der Waals surface area contributed by atoms with Crippen LogP contribution in [0, 0.1) is 3.57 Å².